The van der Waals surface area contributed by atoms with Gasteiger partial charge in [0.1, 0.15) is 23.0 Å². The van der Waals surface area contributed by atoms with Crippen LogP contribution in [0.5, 0.6) is 0 Å². The first-order valence-corrected chi connectivity index (χ1v) is 26.9. The zero-order chi connectivity index (χ0) is 54.2. The minimum Gasteiger partial charge on any atom is -1.00 e. The summed E-state index contributed by atoms with van der Waals surface area (Å²) in [5.74, 6) is 1.84. The standard InChI is InChI=1S/2C24H18N3.C24H17N3.Ag.2ClH.Ir/c3*1-3-10-19(11-4-1)21-14-7-8-15-22(21)27-18-26(20-12-5-2-6-13-20)24-23(27)16-9-17-25-24;;;;/h2*1-18H;1-12,14-18H;;2*1H;/q-1;+1;-2;+1;;;/p-1. The third kappa shape index (κ3) is 12.8. The predicted octanol–water partition coefficient (Wildman–Crippen LogP) is 14.5. The number of imidazole rings is 1. The van der Waals surface area contributed by atoms with Gasteiger partial charge >= 0.3 is 22.4 Å². The van der Waals surface area contributed by atoms with E-state index in [1.54, 1.807) is 0 Å². The molecular weight excluding hydrogens is 1360 g/mol. The normalized spacial score (nSPS) is 11.7. The third-order valence-electron chi connectivity index (χ3n) is 14.2. The largest absolute Gasteiger partial charge is 1.00 e. The molecule has 0 aliphatic carbocycles. The van der Waals surface area contributed by atoms with Crippen LogP contribution in [0.1, 0.15) is 0 Å². The first-order chi connectivity index (χ1) is 40.2. The van der Waals surface area contributed by atoms with Gasteiger partial charge in [-0.15, -0.1) is 31.4 Å². The minimum absolute atomic E-state index is 0. The van der Waals surface area contributed by atoms with E-state index in [0.717, 1.165) is 68.3 Å². The zero-order valence-corrected chi connectivity index (χ0v) is 51.0. The molecular formula is C72H54AgCl2IrN9-2. The van der Waals surface area contributed by atoms with E-state index in [9.17, 15) is 0 Å². The van der Waals surface area contributed by atoms with E-state index in [1.165, 1.54) is 33.4 Å². The number of anilines is 8. The molecule has 0 fully saturated rings. The van der Waals surface area contributed by atoms with Crippen LogP contribution in [-0.4, -0.2) is 19.5 Å². The number of rotatable bonds is 9. The molecule has 4 aromatic heterocycles. The van der Waals surface area contributed by atoms with E-state index in [-0.39, 0.29) is 67.3 Å². The van der Waals surface area contributed by atoms with Crippen LogP contribution in [0.15, 0.2) is 310 Å². The Kier molecular flexibility index (Phi) is 20.4. The summed E-state index contributed by atoms with van der Waals surface area (Å²) in [5, 5.41) is 0. The van der Waals surface area contributed by atoms with Crippen molar-refractivity contribution >= 4 is 69.3 Å². The van der Waals surface area contributed by atoms with E-state index in [2.05, 4.69) is 257 Å². The van der Waals surface area contributed by atoms with E-state index in [4.69, 9.17) is 0 Å². The fourth-order valence-electron chi connectivity index (χ4n) is 10.5. The molecule has 0 unspecified atom stereocenters. The van der Waals surface area contributed by atoms with Crippen molar-refractivity contribution in [3.8, 4) is 44.8 Å². The van der Waals surface area contributed by atoms with Crippen molar-refractivity contribution in [3.05, 3.63) is 329 Å². The van der Waals surface area contributed by atoms with Gasteiger partial charge in [0.2, 0.25) is 0 Å². The molecule has 0 saturated heterocycles. The maximum Gasteiger partial charge on any atom is 1.00 e. The molecule has 0 amide bonds. The molecule has 0 N–H and O–H groups in total. The van der Waals surface area contributed by atoms with Gasteiger partial charge in [-0.25, -0.2) is 15.0 Å². The molecule has 423 valence electrons. The second-order valence-electron chi connectivity index (χ2n) is 19.2. The molecule has 6 heterocycles. The van der Waals surface area contributed by atoms with Gasteiger partial charge in [0.25, 0.3) is 12.0 Å². The van der Waals surface area contributed by atoms with Crippen molar-refractivity contribution in [1.29, 1.82) is 0 Å². The minimum atomic E-state index is 0. The van der Waals surface area contributed by atoms with Crippen LogP contribution in [0.2, 0.25) is 0 Å². The number of halogens is 2. The number of benzene rings is 9. The number of para-hydroxylation sites is 6. The molecule has 0 atom stereocenters. The number of hydrogen-bond acceptors (Lipinski definition) is 7. The molecule has 9 nitrogen and oxygen atoms in total. The van der Waals surface area contributed by atoms with Crippen molar-refractivity contribution in [3.63, 3.8) is 0 Å². The Balaban J connectivity index is 0.000000149. The van der Waals surface area contributed by atoms with Gasteiger partial charge in [0, 0.05) is 72.4 Å². The summed E-state index contributed by atoms with van der Waals surface area (Å²) < 4.78 is 4.36. The molecule has 13 aromatic rings. The molecule has 2 aliphatic heterocycles. The average molecular weight is 1420 g/mol. The molecule has 13 heteroatoms. The van der Waals surface area contributed by atoms with Crippen molar-refractivity contribution in [2.75, 3.05) is 19.6 Å². The predicted molar refractivity (Wildman–Crippen MR) is 336 cm³/mol. The van der Waals surface area contributed by atoms with E-state index < -0.39 is 0 Å². The van der Waals surface area contributed by atoms with Crippen LogP contribution in [-0.2, 0) is 42.5 Å². The number of aromatic nitrogens is 5. The summed E-state index contributed by atoms with van der Waals surface area (Å²) in [6, 6.07) is 101. The number of fused-ring (bicyclic) bond motifs is 3. The molecule has 2 aliphatic rings. The zero-order valence-electron chi connectivity index (χ0n) is 45.5. The van der Waals surface area contributed by atoms with Crippen molar-refractivity contribution in [2.45, 2.75) is 0 Å². The van der Waals surface area contributed by atoms with Gasteiger partial charge in [0.05, 0.1) is 11.4 Å². The SMILES string of the molecule is Cl.[Ag+].[Cl-].[Ir].[c-]1ccccc1N1[CH-]N(c2ccccc2-c2ccccc2)c2cccnc21.c1ccc(-c2ccccc2-[n+]2cn(-c3ccccc3)c3ncccc32)cc1.c1ccc(-c2ccccc2N2[CH-]N(c3ccccc3)c3ncccc32)cc1. The fraction of sp³-hybridized carbons (Fsp3) is 0. The third-order valence-corrected chi connectivity index (χ3v) is 14.2. The molecule has 15 rings (SSSR count). The van der Waals surface area contributed by atoms with Gasteiger partial charge in [-0.2, -0.15) is 39.5 Å². The Morgan fingerprint density at radius 1 is 0.365 bits per heavy atom. The van der Waals surface area contributed by atoms with Crippen LogP contribution >= 0.6 is 12.4 Å². The molecule has 9 aromatic carbocycles. The maximum atomic E-state index is 4.65. The fourth-order valence-corrected chi connectivity index (χ4v) is 10.5. The van der Waals surface area contributed by atoms with E-state index in [0.29, 0.717) is 0 Å². The van der Waals surface area contributed by atoms with Crippen molar-refractivity contribution in [2.24, 2.45) is 0 Å². The van der Waals surface area contributed by atoms with Crippen molar-refractivity contribution in [1.82, 2.24) is 19.5 Å². The van der Waals surface area contributed by atoms with E-state index in [1.807, 2.05) is 116 Å². The van der Waals surface area contributed by atoms with Crippen molar-refractivity contribution < 1.29 is 59.5 Å². The van der Waals surface area contributed by atoms with Crippen LogP contribution in [0.4, 0.5) is 45.8 Å². The summed E-state index contributed by atoms with van der Waals surface area (Å²) in [7, 11) is 0. The number of nitrogens with zero attached hydrogens (tertiary/aromatic N) is 9. The van der Waals surface area contributed by atoms with Crippen LogP contribution in [0.3, 0.4) is 0 Å². The average Bonchev–Trinajstić information content (AvgIpc) is 4.43. The van der Waals surface area contributed by atoms with Crippen LogP contribution in [0.25, 0.3) is 55.9 Å². The summed E-state index contributed by atoms with van der Waals surface area (Å²) in [4.78, 5) is 22.6. The van der Waals surface area contributed by atoms with Gasteiger partial charge in [0.15, 0.2) is 5.52 Å². The van der Waals surface area contributed by atoms with Crippen LogP contribution in [0, 0.1) is 19.4 Å². The van der Waals surface area contributed by atoms with E-state index >= 15 is 0 Å². The summed E-state index contributed by atoms with van der Waals surface area (Å²) in [6.07, 6.45) is 7.63. The molecule has 0 saturated carbocycles. The Bertz CT molecular complexity index is 4050. The molecule has 85 heavy (non-hydrogen) atoms. The van der Waals surface area contributed by atoms with Gasteiger partial charge in [-0.1, -0.05) is 182 Å². The number of pyridine rings is 3. The Morgan fingerprint density at radius 3 is 1.32 bits per heavy atom. The van der Waals surface area contributed by atoms with Gasteiger partial charge in [-0.05, 0) is 95.6 Å². The molecule has 0 bridgehead atoms. The second kappa shape index (κ2) is 28.6. The topological polar surface area (TPSA) is 60.4 Å². The Labute approximate surface area is 537 Å². The summed E-state index contributed by atoms with van der Waals surface area (Å²) in [5.41, 5.74) is 17.8. The van der Waals surface area contributed by atoms with Gasteiger partial charge < -0.3 is 32.0 Å². The summed E-state index contributed by atoms with van der Waals surface area (Å²) in [6.45, 7) is 4.21. The molecule has 0 spiro atoms. The smallest absolute Gasteiger partial charge is 1.00 e. The monoisotopic (exact) mass is 1410 g/mol. The first kappa shape index (κ1) is 60.7. The quantitative estimate of drug-likeness (QED) is 0.0811. The Morgan fingerprint density at radius 2 is 0.776 bits per heavy atom. The summed E-state index contributed by atoms with van der Waals surface area (Å²) >= 11 is 0. The number of hydrogen-bond donors (Lipinski definition) is 0. The maximum absolute atomic E-state index is 4.65. The van der Waals surface area contributed by atoms with Gasteiger partial charge in [-0.3, -0.25) is 0 Å². The second-order valence-corrected chi connectivity index (χ2v) is 19.2. The first-order valence-electron chi connectivity index (χ1n) is 26.9. The van der Waals surface area contributed by atoms with Crippen LogP contribution < -0.4 is 36.6 Å². The Hall–Kier alpha value is -8.93. The molecule has 1 radical (unpaired) electrons.